The summed E-state index contributed by atoms with van der Waals surface area (Å²) in [6.07, 6.45) is 1.64. The van der Waals surface area contributed by atoms with E-state index in [1.807, 2.05) is 36.4 Å². The van der Waals surface area contributed by atoms with Gasteiger partial charge in [0.15, 0.2) is 5.56 Å². The molecule has 2 aromatic heterocycles. The minimum atomic E-state index is -0.525. The monoisotopic (exact) mass is 454 g/mol. The fraction of sp³-hybridized carbons (Fsp3) is 0.217. The van der Waals surface area contributed by atoms with Crippen LogP contribution in [-0.2, 0) is 17.9 Å². The summed E-state index contributed by atoms with van der Waals surface area (Å²) in [4.78, 5) is 12.5. The Morgan fingerprint density at radius 1 is 1.09 bits per heavy atom. The Hall–Kier alpha value is -3.72. The highest BCUT2D eigenvalue weighted by Gasteiger charge is 2.23. The molecule has 4 rings (SSSR count). The first kappa shape index (κ1) is 21.5. The Bertz CT molecular complexity index is 1230. The number of carbonyl (C=O) groups excluding carboxylic acids is 1. The van der Waals surface area contributed by atoms with Crippen LogP contribution in [0.3, 0.4) is 0 Å². The summed E-state index contributed by atoms with van der Waals surface area (Å²) < 4.78 is 31.2. The topological polar surface area (TPSA) is 92.1 Å². The fourth-order valence-corrected chi connectivity index (χ4v) is 3.92. The van der Waals surface area contributed by atoms with Crippen molar-refractivity contribution in [1.82, 2.24) is 4.37 Å². The summed E-state index contributed by atoms with van der Waals surface area (Å²) in [6.45, 7) is 0.663. The van der Waals surface area contributed by atoms with Gasteiger partial charge in [0.25, 0.3) is 0 Å². The van der Waals surface area contributed by atoms with E-state index >= 15 is 0 Å². The third kappa shape index (κ3) is 4.47. The summed E-state index contributed by atoms with van der Waals surface area (Å²) in [5.74, 6) is 1.07. The largest absolute Gasteiger partial charge is 0.497 e. The number of nitrogens with zero attached hydrogens (tertiary/aromatic N) is 1. The van der Waals surface area contributed by atoms with Crippen molar-refractivity contribution < 1.29 is 28.2 Å². The van der Waals surface area contributed by atoms with E-state index in [1.54, 1.807) is 26.5 Å². The average Bonchev–Trinajstić information content (AvgIpc) is 3.47. The second kappa shape index (κ2) is 9.61. The average molecular weight is 455 g/mol. The standard InChI is InChI=1S/C23H22N2O6S/c1-27-17-6-5-16(19(11-17)28-2)12-24-22-20(23(26)29-3)21(25-32-22)31-13-14-4-7-18-15(10-14)8-9-30-18/h4-11,24H,12-13H2,1-3H3. The molecule has 0 bridgehead atoms. The van der Waals surface area contributed by atoms with E-state index in [4.69, 9.17) is 23.4 Å². The lowest BCUT2D eigenvalue weighted by Gasteiger charge is -2.12. The fourth-order valence-electron chi connectivity index (χ4n) is 3.21. The number of rotatable bonds is 9. The zero-order chi connectivity index (χ0) is 22.5. The van der Waals surface area contributed by atoms with Crippen molar-refractivity contribution in [3.8, 4) is 17.4 Å². The van der Waals surface area contributed by atoms with Gasteiger partial charge in [-0.25, -0.2) is 4.79 Å². The summed E-state index contributed by atoms with van der Waals surface area (Å²) >= 11 is 1.13. The first-order valence-corrected chi connectivity index (χ1v) is 10.5. The molecular formula is C23H22N2O6S. The molecule has 4 aromatic rings. The van der Waals surface area contributed by atoms with Gasteiger partial charge in [-0.15, -0.1) is 0 Å². The summed E-state index contributed by atoms with van der Waals surface area (Å²) in [7, 11) is 4.52. The first-order chi connectivity index (χ1) is 15.6. The minimum Gasteiger partial charge on any atom is -0.497 e. The van der Waals surface area contributed by atoms with Gasteiger partial charge in [0.1, 0.15) is 28.7 Å². The highest BCUT2D eigenvalue weighted by Crippen LogP contribution is 2.33. The number of hydrogen-bond acceptors (Lipinski definition) is 9. The lowest BCUT2D eigenvalue weighted by Crippen LogP contribution is -2.09. The lowest BCUT2D eigenvalue weighted by molar-refractivity contribution is 0.0596. The molecule has 0 aliphatic carbocycles. The van der Waals surface area contributed by atoms with Gasteiger partial charge >= 0.3 is 5.97 Å². The number of carbonyl (C=O) groups is 1. The maximum absolute atomic E-state index is 12.5. The summed E-state index contributed by atoms with van der Waals surface area (Å²) in [5.41, 5.74) is 2.89. The number of ether oxygens (including phenoxy) is 4. The number of furan rings is 1. The van der Waals surface area contributed by atoms with Gasteiger partial charge in [0.05, 0.1) is 27.6 Å². The molecule has 166 valence electrons. The van der Waals surface area contributed by atoms with Crippen LogP contribution in [0.15, 0.2) is 53.1 Å². The molecule has 0 amide bonds. The van der Waals surface area contributed by atoms with Crippen molar-refractivity contribution in [1.29, 1.82) is 0 Å². The van der Waals surface area contributed by atoms with Crippen LogP contribution in [0.2, 0.25) is 0 Å². The van der Waals surface area contributed by atoms with Crippen molar-refractivity contribution in [3.05, 3.63) is 65.4 Å². The van der Waals surface area contributed by atoms with Gasteiger partial charge in [-0.1, -0.05) is 6.07 Å². The molecule has 2 heterocycles. The minimum absolute atomic E-state index is 0.221. The predicted molar refractivity (Wildman–Crippen MR) is 121 cm³/mol. The van der Waals surface area contributed by atoms with Crippen LogP contribution in [0.1, 0.15) is 21.5 Å². The maximum atomic E-state index is 12.5. The van der Waals surface area contributed by atoms with Gasteiger partial charge in [0.2, 0.25) is 5.88 Å². The number of hydrogen-bond donors (Lipinski definition) is 1. The van der Waals surface area contributed by atoms with E-state index in [9.17, 15) is 4.79 Å². The zero-order valence-electron chi connectivity index (χ0n) is 17.8. The predicted octanol–water partition coefficient (Wildman–Crippen LogP) is 4.88. The summed E-state index contributed by atoms with van der Waals surface area (Å²) in [6, 6.07) is 13.2. The van der Waals surface area contributed by atoms with Gasteiger partial charge < -0.3 is 28.7 Å². The van der Waals surface area contributed by atoms with E-state index < -0.39 is 5.97 Å². The van der Waals surface area contributed by atoms with Crippen molar-refractivity contribution in [3.63, 3.8) is 0 Å². The third-order valence-corrected chi connectivity index (χ3v) is 5.66. The Morgan fingerprint density at radius 3 is 2.75 bits per heavy atom. The SMILES string of the molecule is COC(=O)c1c(OCc2ccc3occc3c2)nsc1NCc1ccc(OC)cc1OC. The molecule has 0 fully saturated rings. The van der Waals surface area contributed by atoms with Gasteiger partial charge in [-0.05, 0) is 47.4 Å². The van der Waals surface area contributed by atoms with Crippen molar-refractivity contribution in [2.75, 3.05) is 26.6 Å². The van der Waals surface area contributed by atoms with E-state index in [1.165, 1.54) is 7.11 Å². The molecule has 32 heavy (non-hydrogen) atoms. The second-order valence-corrected chi connectivity index (χ2v) is 7.57. The number of anilines is 1. The molecule has 0 unspecified atom stereocenters. The molecule has 0 spiro atoms. The van der Waals surface area contributed by atoms with Gasteiger partial charge in [0, 0.05) is 23.6 Å². The van der Waals surface area contributed by atoms with Crippen LogP contribution in [0.25, 0.3) is 11.0 Å². The highest BCUT2D eigenvalue weighted by molar-refractivity contribution is 7.10. The second-order valence-electron chi connectivity index (χ2n) is 6.80. The van der Waals surface area contributed by atoms with Crippen LogP contribution >= 0.6 is 11.5 Å². The number of aromatic nitrogens is 1. The number of methoxy groups -OCH3 is 3. The molecule has 0 radical (unpaired) electrons. The molecule has 8 nitrogen and oxygen atoms in total. The Balaban J connectivity index is 1.51. The van der Waals surface area contributed by atoms with E-state index in [2.05, 4.69) is 9.69 Å². The summed E-state index contributed by atoms with van der Waals surface area (Å²) in [5, 5.41) is 4.77. The quantitative estimate of drug-likeness (QED) is 0.358. The Kier molecular flexibility index (Phi) is 6.46. The Labute approximate surface area is 188 Å². The van der Waals surface area contributed by atoms with Crippen LogP contribution in [-0.4, -0.2) is 31.7 Å². The van der Waals surface area contributed by atoms with E-state index in [0.717, 1.165) is 33.6 Å². The highest BCUT2D eigenvalue weighted by atomic mass is 32.1. The number of fused-ring (bicyclic) bond motifs is 1. The molecule has 0 aliphatic rings. The molecule has 0 saturated carbocycles. The first-order valence-electron chi connectivity index (χ1n) is 9.74. The Morgan fingerprint density at radius 2 is 1.97 bits per heavy atom. The normalized spacial score (nSPS) is 10.7. The van der Waals surface area contributed by atoms with E-state index in [0.29, 0.717) is 23.0 Å². The number of nitrogens with one attached hydrogen (secondary N) is 1. The molecule has 0 aliphatic heterocycles. The van der Waals surface area contributed by atoms with Crippen LogP contribution in [0.4, 0.5) is 5.00 Å². The van der Waals surface area contributed by atoms with Crippen molar-refractivity contribution in [2.45, 2.75) is 13.2 Å². The van der Waals surface area contributed by atoms with E-state index in [-0.39, 0.29) is 18.1 Å². The molecule has 0 saturated heterocycles. The number of benzene rings is 2. The zero-order valence-corrected chi connectivity index (χ0v) is 18.7. The van der Waals surface area contributed by atoms with Crippen molar-refractivity contribution in [2.24, 2.45) is 0 Å². The molecular weight excluding hydrogens is 432 g/mol. The van der Waals surface area contributed by atoms with Crippen LogP contribution < -0.4 is 19.5 Å². The smallest absolute Gasteiger partial charge is 0.346 e. The van der Waals surface area contributed by atoms with Gasteiger partial charge in [-0.2, -0.15) is 4.37 Å². The maximum Gasteiger partial charge on any atom is 0.346 e. The van der Waals surface area contributed by atoms with Gasteiger partial charge in [-0.3, -0.25) is 0 Å². The van der Waals surface area contributed by atoms with Crippen LogP contribution in [0, 0.1) is 0 Å². The molecule has 1 N–H and O–H groups in total. The van der Waals surface area contributed by atoms with Crippen molar-refractivity contribution >= 4 is 33.5 Å². The van der Waals surface area contributed by atoms with Crippen LogP contribution in [0.5, 0.6) is 17.4 Å². The number of esters is 1. The molecule has 2 aromatic carbocycles. The lowest BCUT2D eigenvalue weighted by atomic mass is 10.2. The third-order valence-electron chi connectivity index (χ3n) is 4.88. The molecule has 0 atom stereocenters. The molecule has 9 heteroatoms.